The summed E-state index contributed by atoms with van der Waals surface area (Å²) in [6, 6.07) is -1.48. The number of aromatic nitrogens is 4. The predicted octanol–water partition coefficient (Wildman–Crippen LogP) is 10.3. The minimum Gasteiger partial charge on any atom is -0.453 e. The van der Waals surface area contributed by atoms with Crippen molar-refractivity contribution >= 4 is 35.1 Å². The lowest BCUT2D eigenvalue weighted by Crippen LogP contribution is -2.53. The first kappa shape index (κ1) is 48.3. The summed E-state index contributed by atoms with van der Waals surface area (Å²) >= 11 is 0. The molecule has 0 radical (unpaired) electrons. The zero-order valence-electron chi connectivity index (χ0n) is 41.1. The Kier molecular flexibility index (Phi) is 15.5. The number of rotatable bonds is 15. The number of allylic oxidation sites excluding steroid dienone is 8. The van der Waals surface area contributed by atoms with Gasteiger partial charge >= 0.3 is 12.2 Å². The second-order valence-electron chi connectivity index (χ2n) is 20.8. The molecule has 4 aliphatic carbocycles. The van der Waals surface area contributed by atoms with Crippen LogP contribution in [0.1, 0.15) is 179 Å². The first-order valence-corrected chi connectivity index (χ1v) is 25.6. The van der Waals surface area contributed by atoms with E-state index < -0.39 is 24.3 Å². The Balaban J connectivity index is 1.01. The highest BCUT2D eigenvalue weighted by atomic mass is 16.5. The van der Waals surface area contributed by atoms with Crippen LogP contribution in [-0.4, -0.2) is 92.1 Å². The Morgan fingerprint density at radius 1 is 0.761 bits per heavy atom. The van der Waals surface area contributed by atoms with Crippen LogP contribution in [0.15, 0.2) is 47.8 Å². The number of carbonyl (C=O) groups is 4. The van der Waals surface area contributed by atoms with Crippen LogP contribution in [0, 0.1) is 29.6 Å². The average Bonchev–Trinajstić information content (AvgIpc) is 4.16. The van der Waals surface area contributed by atoms with Gasteiger partial charge in [-0.15, -0.1) is 0 Å². The number of hydrogen-bond acceptors (Lipinski definition) is 8. The van der Waals surface area contributed by atoms with Gasteiger partial charge in [0.1, 0.15) is 23.7 Å². The number of hydrogen-bond donors (Lipinski definition) is 4. The third-order valence-electron chi connectivity index (χ3n) is 16.0. The molecule has 67 heavy (non-hydrogen) atoms. The molecular weight excluding hydrogens is 845 g/mol. The molecule has 4 fully saturated rings. The van der Waals surface area contributed by atoms with Crippen molar-refractivity contribution in [3.05, 3.63) is 70.9 Å². The molecular formula is C53H76N8O6. The molecule has 4 heterocycles. The van der Waals surface area contributed by atoms with E-state index in [4.69, 9.17) is 19.4 Å². The van der Waals surface area contributed by atoms with Crippen molar-refractivity contribution in [1.29, 1.82) is 0 Å². The molecule has 0 bridgehead atoms. The van der Waals surface area contributed by atoms with Gasteiger partial charge in [0.2, 0.25) is 11.8 Å². The molecule has 4 N–H and O–H groups in total. The molecule has 2 aromatic rings. The number of carbonyl (C=O) groups excluding carboxylic acids is 4. The minimum atomic E-state index is -0.684. The van der Waals surface area contributed by atoms with Crippen molar-refractivity contribution < 1.29 is 28.7 Å². The van der Waals surface area contributed by atoms with Crippen LogP contribution in [0.25, 0.3) is 11.1 Å². The first-order chi connectivity index (χ1) is 32.4. The minimum absolute atomic E-state index is 0.0568. The molecule has 2 aliphatic heterocycles. The average molecular weight is 921 g/mol. The van der Waals surface area contributed by atoms with Gasteiger partial charge in [0.25, 0.3) is 0 Å². The smallest absolute Gasteiger partial charge is 0.407 e. The molecule has 14 nitrogen and oxygen atoms in total. The Labute approximate surface area is 397 Å². The zero-order valence-corrected chi connectivity index (χ0v) is 41.1. The number of alkyl carbamates (subject to hydrolysis) is 2. The van der Waals surface area contributed by atoms with Gasteiger partial charge in [0.15, 0.2) is 0 Å². The van der Waals surface area contributed by atoms with Crippen molar-refractivity contribution in [3.8, 4) is 0 Å². The van der Waals surface area contributed by atoms with E-state index in [1.54, 1.807) is 0 Å². The number of nitrogens with one attached hydrogen (secondary N) is 4. The lowest BCUT2D eigenvalue weighted by atomic mass is 9.82. The van der Waals surface area contributed by atoms with Gasteiger partial charge in [0, 0.05) is 12.1 Å². The van der Waals surface area contributed by atoms with Gasteiger partial charge in [-0.3, -0.25) is 9.59 Å². The number of nitrogens with zero attached hydrogens (tertiary/aromatic N) is 4. The predicted molar refractivity (Wildman–Crippen MR) is 259 cm³/mol. The van der Waals surface area contributed by atoms with E-state index in [0.717, 1.165) is 119 Å². The van der Waals surface area contributed by atoms with E-state index in [-0.39, 0.29) is 47.8 Å². The van der Waals surface area contributed by atoms with Crippen molar-refractivity contribution in [2.45, 2.75) is 180 Å². The normalized spacial score (nSPS) is 27.0. The van der Waals surface area contributed by atoms with E-state index in [0.29, 0.717) is 17.8 Å². The van der Waals surface area contributed by atoms with Gasteiger partial charge < -0.3 is 39.9 Å². The number of imidazole rings is 2. The molecule has 9 atom stereocenters. The van der Waals surface area contributed by atoms with E-state index in [2.05, 4.69) is 61.6 Å². The van der Waals surface area contributed by atoms with Crippen LogP contribution in [0.3, 0.4) is 0 Å². The second kappa shape index (κ2) is 21.4. The van der Waals surface area contributed by atoms with Crippen LogP contribution in [-0.2, 0) is 19.1 Å². The summed E-state index contributed by atoms with van der Waals surface area (Å²) in [5.41, 5.74) is 7.23. The molecule has 6 aliphatic rings. The van der Waals surface area contributed by atoms with Gasteiger partial charge in [-0.2, -0.15) is 0 Å². The summed E-state index contributed by atoms with van der Waals surface area (Å²) in [5, 5.41) is 5.68. The molecule has 0 spiro atoms. The van der Waals surface area contributed by atoms with Gasteiger partial charge in [0.05, 0.1) is 50.1 Å². The monoisotopic (exact) mass is 921 g/mol. The van der Waals surface area contributed by atoms with E-state index in [1.807, 2.05) is 40.1 Å². The maximum atomic E-state index is 14.5. The molecule has 14 heteroatoms. The largest absolute Gasteiger partial charge is 0.453 e. The summed E-state index contributed by atoms with van der Waals surface area (Å²) in [7, 11) is 2.67. The molecule has 364 valence electrons. The van der Waals surface area contributed by atoms with Crippen molar-refractivity contribution in [1.82, 2.24) is 40.4 Å². The molecule has 4 unspecified atom stereocenters. The summed E-state index contributed by atoms with van der Waals surface area (Å²) < 4.78 is 9.85. The fourth-order valence-corrected chi connectivity index (χ4v) is 12.5. The van der Waals surface area contributed by atoms with Gasteiger partial charge in [-0.05, 0) is 123 Å². The quantitative estimate of drug-likeness (QED) is 0.137. The van der Waals surface area contributed by atoms with Crippen molar-refractivity contribution in [2.24, 2.45) is 29.6 Å². The Hall–Kier alpha value is -5.14. The Bertz CT molecular complexity index is 2230. The summed E-state index contributed by atoms with van der Waals surface area (Å²) in [6.45, 7) is 10.1. The molecule has 2 saturated heterocycles. The van der Waals surface area contributed by atoms with E-state index in [9.17, 15) is 19.2 Å². The van der Waals surface area contributed by atoms with E-state index in [1.165, 1.54) is 49.4 Å². The number of amides is 4. The lowest BCUT2D eigenvalue weighted by molar-refractivity contribution is -0.139. The highest BCUT2D eigenvalue weighted by molar-refractivity contribution is 5.87. The molecule has 4 amide bonds. The summed E-state index contributed by atoms with van der Waals surface area (Å²) in [6.07, 6.45) is 29.3. The zero-order chi connectivity index (χ0) is 47.4. The number of likely N-dealkylation sites (tertiary alicyclic amines) is 2. The topological polar surface area (TPSA) is 175 Å². The molecule has 0 aromatic carbocycles. The summed E-state index contributed by atoms with van der Waals surface area (Å²) in [4.78, 5) is 75.3. The van der Waals surface area contributed by atoms with Crippen LogP contribution in [0.4, 0.5) is 9.59 Å². The maximum absolute atomic E-state index is 14.5. The Morgan fingerprint density at radius 2 is 1.30 bits per heavy atom. The van der Waals surface area contributed by atoms with E-state index >= 15 is 0 Å². The fourth-order valence-electron chi connectivity index (χ4n) is 12.5. The van der Waals surface area contributed by atoms with Crippen LogP contribution in [0.5, 0.6) is 0 Å². The van der Waals surface area contributed by atoms with Crippen LogP contribution in [0.2, 0.25) is 0 Å². The third-order valence-corrected chi connectivity index (χ3v) is 16.0. The lowest BCUT2D eigenvalue weighted by Gasteiger charge is -2.36. The Morgan fingerprint density at radius 3 is 1.84 bits per heavy atom. The SMILES string of the molecule is CCC[C@H]1CC=C(CCC2=C(c3cnc([C@@H]4CC5CCCCC5N4C(=O)[C@@H](NC(=O)OC)C(C)C)[nH]3)CCC=C2)C=C1c1cnc([C@@H]2CC3CCCCC3N2C(=O)[C@@H](NC(=O)OC)C(C)C)[nH]1. The maximum Gasteiger partial charge on any atom is 0.407 e. The number of methoxy groups -OCH3 is 2. The molecule has 2 aromatic heterocycles. The van der Waals surface area contributed by atoms with Gasteiger partial charge in [-0.1, -0.05) is 96.6 Å². The third kappa shape index (κ3) is 10.3. The van der Waals surface area contributed by atoms with Crippen LogP contribution >= 0.6 is 0 Å². The highest BCUT2D eigenvalue weighted by Crippen LogP contribution is 2.48. The number of ether oxygens (including phenoxy) is 2. The number of aromatic amines is 2. The number of fused-ring (bicyclic) bond motifs is 2. The van der Waals surface area contributed by atoms with Gasteiger partial charge in [-0.25, -0.2) is 19.6 Å². The molecule has 8 rings (SSSR count). The van der Waals surface area contributed by atoms with Crippen molar-refractivity contribution in [3.63, 3.8) is 0 Å². The summed E-state index contributed by atoms with van der Waals surface area (Å²) in [5.74, 6) is 2.51. The second-order valence-corrected chi connectivity index (χ2v) is 20.8. The highest BCUT2D eigenvalue weighted by Gasteiger charge is 2.50. The van der Waals surface area contributed by atoms with Crippen LogP contribution < -0.4 is 10.6 Å². The van der Waals surface area contributed by atoms with Crippen molar-refractivity contribution in [2.75, 3.05) is 14.2 Å². The first-order valence-electron chi connectivity index (χ1n) is 25.6. The fraction of sp³-hybridized carbons (Fsp3) is 0.660. The molecule has 2 saturated carbocycles. The standard InChI is InChI=1S/C53H76N8O6/c1-8-15-34-24-22-33(26-39(34)41-30-55-49(57-41)45-28-37-18-11-14-21-43(37)61(45)51(63)47(32(4)5)59-53(65)67-7)23-25-35-16-9-12-19-38(35)40-29-54-48(56-40)44-27-36-17-10-13-20-42(36)60(44)50(62)46(31(2)3)58-52(64)66-6/h9,16,22,26,29-32,34,36-37,42-47H,8,10-15,17-21,23-25,27-28H2,1-7H3,(H,54,56)(H,55,57)(H,58,64)(H,59,65)/t34-,36?,37?,42?,43?,44-,45-,46-,47-/m0/s1. The number of H-pyrrole nitrogens is 2.